The molecule has 0 spiro atoms. The van der Waals surface area contributed by atoms with E-state index in [0.29, 0.717) is 23.9 Å². The third-order valence-electron chi connectivity index (χ3n) is 3.70. The Morgan fingerprint density at radius 2 is 1.85 bits per heavy atom. The molecule has 1 amide bonds. The standard InChI is InChI=1S/C20H19FN4O/c1-13-5-3-6-15(9-13)12-22-20(26)18-11-19(24-14(2)23-18)25-17-8-4-7-16(21)10-17/h3-11H,12H2,1-2H3,(H,22,26)(H,23,24,25). The summed E-state index contributed by atoms with van der Waals surface area (Å²) in [5, 5.41) is 5.84. The van der Waals surface area contributed by atoms with Gasteiger partial charge in [-0.3, -0.25) is 4.79 Å². The number of hydrogen-bond donors (Lipinski definition) is 2. The highest BCUT2D eigenvalue weighted by molar-refractivity contribution is 5.93. The van der Waals surface area contributed by atoms with E-state index in [1.165, 1.54) is 12.1 Å². The van der Waals surface area contributed by atoms with Crippen molar-refractivity contribution < 1.29 is 9.18 Å². The third-order valence-corrected chi connectivity index (χ3v) is 3.70. The van der Waals surface area contributed by atoms with Crippen LogP contribution < -0.4 is 10.6 Å². The summed E-state index contributed by atoms with van der Waals surface area (Å²) in [5.41, 5.74) is 2.96. The zero-order valence-corrected chi connectivity index (χ0v) is 14.6. The number of rotatable bonds is 5. The number of halogens is 1. The normalized spacial score (nSPS) is 10.4. The van der Waals surface area contributed by atoms with Crippen molar-refractivity contribution in [2.24, 2.45) is 0 Å². The van der Waals surface area contributed by atoms with Crippen LogP contribution in [0.25, 0.3) is 0 Å². The fraction of sp³-hybridized carbons (Fsp3) is 0.150. The molecule has 0 bridgehead atoms. The summed E-state index contributed by atoms with van der Waals surface area (Å²) in [6.07, 6.45) is 0. The second-order valence-electron chi connectivity index (χ2n) is 5.99. The number of amides is 1. The van der Waals surface area contributed by atoms with Gasteiger partial charge in [-0.15, -0.1) is 0 Å². The van der Waals surface area contributed by atoms with Crippen molar-refractivity contribution in [3.8, 4) is 0 Å². The maximum atomic E-state index is 13.3. The topological polar surface area (TPSA) is 66.9 Å². The number of carbonyl (C=O) groups excluding carboxylic acids is 1. The molecule has 6 heteroatoms. The van der Waals surface area contributed by atoms with Crippen LogP contribution in [0, 0.1) is 19.7 Å². The number of hydrogen-bond acceptors (Lipinski definition) is 4. The van der Waals surface area contributed by atoms with E-state index in [4.69, 9.17) is 0 Å². The SMILES string of the molecule is Cc1cccc(CNC(=O)c2cc(Nc3cccc(F)c3)nc(C)n2)c1. The first-order chi connectivity index (χ1) is 12.5. The van der Waals surface area contributed by atoms with E-state index in [1.54, 1.807) is 25.1 Å². The molecule has 0 saturated heterocycles. The van der Waals surface area contributed by atoms with Crippen molar-refractivity contribution in [1.82, 2.24) is 15.3 Å². The Morgan fingerprint density at radius 1 is 1.04 bits per heavy atom. The van der Waals surface area contributed by atoms with E-state index in [1.807, 2.05) is 31.2 Å². The van der Waals surface area contributed by atoms with Gasteiger partial charge < -0.3 is 10.6 Å². The molecule has 2 N–H and O–H groups in total. The van der Waals surface area contributed by atoms with Gasteiger partial charge in [0.1, 0.15) is 23.2 Å². The Kier molecular flexibility index (Phi) is 5.22. The highest BCUT2D eigenvalue weighted by atomic mass is 19.1. The lowest BCUT2D eigenvalue weighted by Crippen LogP contribution is -2.24. The summed E-state index contributed by atoms with van der Waals surface area (Å²) in [7, 11) is 0. The van der Waals surface area contributed by atoms with Crippen LogP contribution in [-0.4, -0.2) is 15.9 Å². The number of aromatic nitrogens is 2. The number of nitrogens with one attached hydrogen (secondary N) is 2. The summed E-state index contributed by atoms with van der Waals surface area (Å²) in [4.78, 5) is 20.9. The van der Waals surface area contributed by atoms with Gasteiger partial charge in [0.15, 0.2) is 0 Å². The van der Waals surface area contributed by atoms with Crippen molar-refractivity contribution in [2.75, 3.05) is 5.32 Å². The molecule has 132 valence electrons. The summed E-state index contributed by atoms with van der Waals surface area (Å²) >= 11 is 0. The predicted molar refractivity (Wildman–Crippen MR) is 98.8 cm³/mol. The van der Waals surface area contributed by atoms with Gasteiger partial charge in [-0.05, 0) is 37.6 Å². The molecule has 0 unspecified atom stereocenters. The highest BCUT2D eigenvalue weighted by Crippen LogP contribution is 2.16. The molecule has 2 aromatic carbocycles. The maximum Gasteiger partial charge on any atom is 0.270 e. The molecule has 0 aliphatic heterocycles. The van der Waals surface area contributed by atoms with Crippen LogP contribution in [-0.2, 0) is 6.54 Å². The average Bonchev–Trinajstić information content (AvgIpc) is 2.59. The van der Waals surface area contributed by atoms with Crippen LogP contribution in [0.2, 0.25) is 0 Å². The van der Waals surface area contributed by atoms with E-state index in [-0.39, 0.29) is 17.4 Å². The summed E-state index contributed by atoms with van der Waals surface area (Å²) < 4.78 is 13.3. The molecule has 0 aliphatic carbocycles. The lowest BCUT2D eigenvalue weighted by atomic mass is 10.1. The van der Waals surface area contributed by atoms with Gasteiger partial charge in [0.2, 0.25) is 0 Å². The van der Waals surface area contributed by atoms with Crippen LogP contribution in [0.15, 0.2) is 54.6 Å². The largest absolute Gasteiger partial charge is 0.347 e. The zero-order valence-electron chi connectivity index (χ0n) is 14.6. The van der Waals surface area contributed by atoms with Crippen molar-refractivity contribution in [1.29, 1.82) is 0 Å². The molecule has 1 aromatic heterocycles. The lowest BCUT2D eigenvalue weighted by Gasteiger charge is -2.09. The first-order valence-electron chi connectivity index (χ1n) is 8.21. The van der Waals surface area contributed by atoms with Crippen LogP contribution in [0.3, 0.4) is 0 Å². The smallest absolute Gasteiger partial charge is 0.270 e. The molecule has 26 heavy (non-hydrogen) atoms. The Bertz CT molecular complexity index is 943. The molecular formula is C20H19FN4O. The van der Waals surface area contributed by atoms with Crippen molar-refractivity contribution in [3.63, 3.8) is 0 Å². The minimum atomic E-state index is -0.350. The molecule has 0 saturated carbocycles. The molecular weight excluding hydrogens is 331 g/mol. The molecule has 3 rings (SSSR count). The van der Waals surface area contributed by atoms with Crippen LogP contribution in [0.4, 0.5) is 15.9 Å². The zero-order chi connectivity index (χ0) is 18.5. The molecule has 0 atom stereocenters. The summed E-state index contributed by atoms with van der Waals surface area (Å²) in [6, 6.07) is 15.5. The monoisotopic (exact) mass is 350 g/mol. The van der Waals surface area contributed by atoms with E-state index < -0.39 is 0 Å². The van der Waals surface area contributed by atoms with Crippen molar-refractivity contribution >= 4 is 17.4 Å². The second kappa shape index (κ2) is 7.74. The van der Waals surface area contributed by atoms with Crippen LogP contribution >= 0.6 is 0 Å². The van der Waals surface area contributed by atoms with Gasteiger partial charge in [0.05, 0.1) is 0 Å². The Labute approximate surface area is 151 Å². The van der Waals surface area contributed by atoms with E-state index >= 15 is 0 Å². The number of anilines is 2. The Balaban J connectivity index is 1.73. The van der Waals surface area contributed by atoms with E-state index in [0.717, 1.165) is 11.1 Å². The summed E-state index contributed by atoms with van der Waals surface area (Å²) in [6.45, 7) is 4.12. The van der Waals surface area contributed by atoms with Gasteiger partial charge in [-0.1, -0.05) is 35.9 Å². The molecule has 5 nitrogen and oxygen atoms in total. The first-order valence-corrected chi connectivity index (χ1v) is 8.21. The third kappa shape index (κ3) is 4.63. The maximum absolute atomic E-state index is 13.3. The van der Waals surface area contributed by atoms with E-state index in [9.17, 15) is 9.18 Å². The lowest BCUT2D eigenvalue weighted by molar-refractivity contribution is 0.0945. The van der Waals surface area contributed by atoms with Crippen LogP contribution in [0.5, 0.6) is 0 Å². The average molecular weight is 350 g/mol. The van der Waals surface area contributed by atoms with Gasteiger partial charge in [-0.2, -0.15) is 0 Å². The van der Waals surface area contributed by atoms with Gasteiger partial charge in [-0.25, -0.2) is 14.4 Å². The van der Waals surface area contributed by atoms with Gasteiger partial charge in [0, 0.05) is 18.3 Å². The highest BCUT2D eigenvalue weighted by Gasteiger charge is 2.11. The van der Waals surface area contributed by atoms with Gasteiger partial charge >= 0.3 is 0 Å². The Morgan fingerprint density at radius 3 is 2.62 bits per heavy atom. The number of carbonyl (C=O) groups is 1. The van der Waals surface area contributed by atoms with Gasteiger partial charge in [0.25, 0.3) is 5.91 Å². The molecule has 0 aliphatic rings. The second-order valence-corrected chi connectivity index (χ2v) is 5.99. The van der Waals surface area contributed by atoms with Crippen molar-refractivity contribution in [3.05, 3.63) is 83.1 Å². The molecule has 0 fully saturated rings. The number of benzene rings is 2. The Hall–Kier alpha value is -3.28. The molecule has 3 aromatic rings. The minimum absolute atomic E-state index is 0.254. The minimum Gasteiger partial charge on any atom is -0.347 e. The quantitative estimate of drug-likeness (QED) is 0.732. The molecule has 0 radical (unpaired) electrons. The fourth-order valence-corrected chi connectivity index (χ4v) is 2.56. The first kappa shape index (κ1) is 17.5. The van der Waals surface area contributed by atoms with Crippen molar-refractivity contribution in [2.45, 2.75) is 20.4 Å². The predicted octanol–water partition coefficient (Wildman–Crippen LogP) is 3.91. The number of nitrogens with zero attached hydrogens (tertiary/aromatic N) is 2. The molecule has 1 heterocycles. The van der Waals surface area contributed by atoms with E-state index in [2.05, 4.69) is 20.6 Å². The van der Waals surface area contributed by atoms with Crippen LogP contribution in [0.1, 0.15) is 27.4 Å². The summed E-state index contributed by atoms with van der Waals surface area (Å²) in [5.74, 6) is 0.243. The fourth-order valence-electron chi connectivity index (χ4n) is 2.56. The number of aryl methyl sites for hydroxylation is 2.